The molecular formula is C19H32N6O2. The molecule has 2 fully saturated rings. The molecule has 1 aromatic rings. The van der Waals surface area contributed by atoms with Gasteiger partial charge in [-0.3, -0.25) is 9.69 Å². The Morgan fingerprint density at radius 1 is 1.26 bits per heavy atom. The number of anilines is 2. The van der Waals surface area contributed by atoms with Gasteiger partial charge < -0.3 is 19.4 Å². The van der Waals surface area contributed by atoms with Crippen LogP contribution in [0.3, 0.4) is 0 Å². The quantitative estimate of drug-likeness (QED) is 0.749. The van der Waals surface area contributed by atoms with E-state index < -0.39 is 0 Å². The van der Waals surface area contributed by atoms with Gasteiger partial charge in [-0.1, -0.05) is 0 Å². The summed E-state index contributed by atoms with van der Waals surface area (Å²) in [5, 5.41) is 0. The first-order valence-corrected chi connectivity index (χ1v) is 9.68. The number of ether oxygens (including phenoxy) is 1. The van der Waals surface area contributed by atoms with Crippen molar-refractivity contribution in [2.45, 2.75) is 24.8 Å². The predicted octanol–water partition coefficient (Wildman–Crippen LogP) is 0.692. The summed E-state index contributed by atoms with van der Waals surface area (Å²) in [4.78, 5) is 30.4. The Morgan fingerprint density at radius 3 is 2.81 bits per heavy atom. The summed E-state index contributed by atoms with van der Waals surface area (Å²) < 4.78 is 5.16. The van der Waals surface area contributed by atoms with Gasteiger partial charge in [0.25, 0.3) is 0 Å². The number of hydrogen-bond acceptors (Lipinski definition) is 7. The Labute approximate surface area is 162 Å². The standard InChI is InChI=1S/C19H32N6O2/c1-22(2)16-6-9-20-18(21-16)25-12-11-23(3)19(15-25)7-5-17(26)24(10-8-19)13-14-27-4/h6,9H,5,7-8,10-15H2,1-4H3/t19-/m0/s1. The van der Waals surface area contributed by atoms with E-state index in [0.29, 0.717) is 19.6 Å². The van der Waals surface area contributed by atoms with Gasteiger partial charge in [0.1, 0.15) is 5.82 Å². The fourth-order valence-corrected chi connectivity index (χ4v) is 4.04. The molecule has 0 bridgehead atoms. The molecule has 0 aliphatic carbocycles. The highest BCUT2D eigenvalue weighted by Crippen LogP contribution is 2.33. The Bertz CT molecular complexity index is 655. The van der Waals surface area contributed by atoms with Crippen LogP contribution >= 0.6 is 0 Å². The van der Waals surface area contributed by atoms with Crippen LogP contribution in [0.5, 0.6) is 0 Å². The number of hydrogen-bond donors (Lipinski definition) is 0. The summed E-state index contributed by atoms with van der Waals surface area (Å²) in [5.41, 5.74) is -0.0206. The van der Waals surface area contributed by atoms with Gasteiger partial charge in [-0.15, -0.1) is 0 Å². The van der Waals surface area contributed by atoms with Crippen molar-refractivity contribution in [2.75, 3.05) is 77.4 Å². The molecule has 1 aromatic heterocycles. The number of carbonyl (C=O) groups excluding carboxylic acids is 1. The summed E-state index contributed by atoms with van der Waals surface area (Å²) in [6.45, 7) is 4.74. The van der Waals surface area contributed by atoms with E-state index in [2.05, 4.69) is 21.8 Å². The predicted molar refractivity (Wildman–Crippen MR) is 106 cm³/mol. The zero-order valence-electron chi connectivity index (χ0n) is 17.0. The summed E-state index contributed by atoms with van der Waals surface area (Å²) >= 11 is 0. The molecule has 3 rings (SSSR count). The second-order valence-corrected chi connectivity index (χ2v) is 7.80. The lowest BCUT2D eigenvalue weighted by Gasteiger charge is -2.49. The topological polar surface area (TPSA) is 65.0 Å². The molecule has 150 valence electrons. The van der Waals surface area contributed by atoms with Crippen LogP contribution in [0.25, 0.3) is 0 Å². The first-order valence-electron chi connectivity index (χ1n) is 9.68. The Kier molecular flexibility index (Phi) is 6.16. The molecule has 27 heavy (non-hydrogen) atoms. The number of amides is 1. The minimum atomic E-state index is -0.0206. The van der Waals surface area contributed by atoms with Gasteiger partial charge >= 0.3 is 0 Å². The number of carbonyl (C=O) groups is 1. The molecule has 8 heteroatoms. The second-order valence-electron chi connectivity index (χ2n) is 7.80. The maximum absolute atomic E-state index is 12.5. The van der Waals surface area contributed by atoms with Gasteiger partial charge in [-0.2, -0.15) is 4.98 Å². The van der Waals surface area contributed by atoms with Crippen molar-refractivity contribution in [2.24, 2.45) is 0 Å². The Hall–Kier alpha value is -1.93. The number of likely N-dealkylation sites (N-methyl/N-ethyl adjacent to an activating group) is 1. The smallest absolute Gasteiger partial charge is 0.227 e. The largest absolute Gasteiger partial charge is 0.383 e. The molecule has 0 N–H and O–H groups in total. The molecule has 0 aromatic carbocycles. The van der Waals surface area contributed by atoms with Crippen molar-refractivity contribution in [1.29, 1.82) is 0 Å². The number of methoxy groups -OCH3 is 1. The lowest BCUT2D eigenvalue weighted by atomic mass is 9.86. The highest BCUT2D eigenvalue weighted by molar-refractivity contribution is 5.76. The van der Waals surface area contributed by atoms with Crippen LogP contribution in [0, 0.1) is 0 Å². The number of nitrogens with zero attached hydrogens (tertiary/aromatic N) is 6. The number of aromatic nitrogens is 2. The van der Waals surface area contributed by atoms with E-state index in [0.717, 1.165) is 50.8 Å². The van der Waals surface area contributed by atoms with E-state index in [4.69, 9.17) is 9.72 Å². The third kappa shape index (κ3) is 4.32. The maximum atomic E-state index is 12.5. The zero-order chi connectivity index (χ0) is 19.4. The molecule has 0 radical (unpaired) electrons. The monoisotopic (exact) mass is 376 g/mol. The van der Waals surface area contributed by atoms with Gasteiger partial charge in [-0.05, 0) is 26.0 Å². The van der Waals surface area contributed by atoms with Gasteiger partial charge in [0.05, 0.1) is 6.61 Å². The van der Waals surface area contributed by atoms with Gasteiger partial charge in [0, 0.05) is 72.1 Å². The average Bonchev–Trinajstić information content (AvgIpc) is 2.82. The van der Waals surface area contributed by atoms with Crippen LogP contribution in [-0.2, 0) is 9.53 Å². The molecule has 2 aliphatic rings. The van der Waals surface area contributed by atoms with Crippen molar-refractivity contribution >= 4 is 17.7 Å². The number of rotatable bonds is 5. The average molecular weight is 377 g/mol. The molecule has 2 saturated heterocycles. The fourth-order valence-electron chi connectivity index (χ4n) is 4.04. The zero-order valence-corrected chi connectivity index (χ0v) is 17.0. The molecule has 1 amide bonds. The highest BCUT2D eigenvalue weighted by Gasteiger charge is 2.42. The van der Waals surface area contributed by atoms with Crippen LogP contribution in [0.15, 0.2) is 12.3 Å². The second kappa shape index (κ2) is 8.39. The van der Waals surface area contributed by atoms with Crippen molar-refractivity contribution in [1.82, 2.24) is 19.8 Å². The van der Waals surface area contributed by atoms with E-state index in [9.17, 15) is 4.79 Å². The third-order valence-electron chi connectivity index (χ3n) is 5.94. The van der Waals surface area contributed by atoms with Crippen LogP contribution in [0.2, 0.25) is 0 Å². The minimum Gasteiger partial charge on any atom is -0.383 e. The van der Waals surface area contributed by atoms with E-state index in [-0.39, 0.29) is 11.4 Å². The lowest BCUT2D eigenvalue weighted by molar-refractivity contribution is -0.131. The Morgan fingerprint density at radius 2 is 2.07 bits per heavy atom. The molecule has 8 nitrogen and oxygen atoms in total. The first kappa shape index (κ1) is 19.8. The summed E-state index contributed by atoms with van der Waals surface area (Å²) in [7, 11) is 7.84. The maximum Gasteiger partial charge on any atom is 0.227 e. The van der Waals surface area contributed by atoms with Crippen LogP contribution in [-0.4, -0.2) is 98.8 Å². The SMILES string of the molecule is COCCN1CC[C@@]2(CCC1=O)CN(c1nccc(N(C)C)n1)CCN2C. The molecule has 0 saturated carbocycles. The van der Waals surface area contributed by atoms with E-state index in [1.807, 2.05) is 36.2 Å². The molecular weight excluding hydrogens is 344 g/mol. The summed E-state index contributed by atoms with van der Waals surface area (Å²) in [6.07, 6.45) is 4.24. The number of likely N-dealkylation sites (tertiary alicyclic amines) is 1. The van der Waals surface area contributed by atoms with E-state index in [1.54, 1.807) is 7.11 Å². The fraction of sp³-hybridized carbons (Fsp3) is 0.737. The Balaban J connectivity index is 1.76. The molecule has 0 unspecified atom stereocenters. The van der Waals surface area contributed by atoms with Crippen molar-refractivity contribution < 1.29 is 9.53 Å². The minimum absolute atomic E-state index is 0.0206. The van der Waals surface area contributed by atoms with Crippen molar-refractivity contribution in [3.63, 3.8) is 0 Å². The number of piperazine rings is 1. The molecule has 3 heterocycles. The summed E-state index contributed by atoms with van der Waals surface area (Å²) in [6, 6.07) is 1.92. The van der Waals surface area contributed by atoms with Crippen LogP contribution in [0.4, 0.5) is 11.8 Å². The lowest BCUT2D eigenvalue weighted by Crippen LogP contribution is -2.61. The van der Waals surface area contributed by atoms with Gasteiger partial charge in [0.15, 0.2) is 0 Å². The van der Waals surface area contributed by atoms with Crippen LogP contribution in [0.1, 0.15) is 19.3 Å². The van der Waals surface area contributed by atoms with Gasteiger partial charge in [-0.25, -0.2) is 4.98 Å². The summed E-state index contributed by atoms with van der Waals surface area (Å²) in [5.74, 6) is 1.93. The highest BCUT2D eigenvalue weighted by atomic mass is 16.5. The van der Waals surface area contributed by atoms with Crippen LogP contribution < -0.4 is 9.80 Å². The van der Waals surface area contributed by atoms with Crippen molar-refractivity contribution in [3.05, 3.63) is 12.3 Å². The normalized spacial score (nSPS) is 24.4. The van der Waals surface area contributed by atoms with E-state index >= 15 is 0 Å². The van der Waals surface area contributed by atoms with Crippen molar-refractivity contribution in [3.8, 4) is 0 Å². The molecule has 1 atom stereocenters. The third-order valence-corrected chi connectivity index (χ3v) is 5.94. The molecule has 2 aliphatic heterocycles. The van der Waals surface area contributed by atoms with Gasteiger partial charge in [0.2, 0.25) is 11.9 Å². The van der Waals surface area contributed by atoms with E-state index in [1.165, 1.54) is 0 Å². The molecule has 1 spiro atoms. The first-order chi connectivity index (χ1) is 12.9.